The van der Waals surface area contributed by atoms with E-state index in [1.165, 1.54) is 17.4 Å². The van der Waals surface area contributed by atoms with Crippen LogP contribution >= 0.6 is 11.6 Å². The molecule has 0 aliphatic rings. The summed E-state index contributed by atoms with van der Waals surface area (Å²) in [7, 11) is -0.432. The molecule has 1 heterocycles. The number of hydrogen-bond acceptors (Lipinski definition) is 4. The van der Waals surface area contributed by atoms with Gasteiger partial charge in [0.2, 0.25) is 0 Å². The van der Waals surface area contributed by atoms with Crippen molar-refractivity contribution in [3.63, 3.8) is 0 Å². The van der Waals surface area contributed by atoms with Gasteiger partial charge in [0, 0.05) is 42.3 Å². The van der Waals surface area contributed by atoms with Crippen molar-refractivity contribution in [2.75, 3.05) is 16.7 Å². The summed E-state index contributed by atoms with van der Waals surface area (Å²) in [6.45, 7) is 0. The Morgan fingerprint density at radius 3 is 2.30 bits per heavy atom. The average molecular weight is 405 g/mol. The summed E-state index contributed by atoms with van der Waals surface area (Å²) >= 11 is 5.84. The quantitative estimate of drug-likeness (QED) is 0.707. The van der Waals surface area contributed by atoms with Crippen LogP contribution in [0.3, 0.4) is 0 Å². The molecule has 2 aromatic carbocycles. The largest absolute Gasteiger partial charge is 0.339 e. The summed E-state index contributed by atoms with van der Waals surface area (Å²) in [4.78, 5) is 17.8. The highest BCUT2D eigenvalue weighted by Gasteiger charge is 2.18. The van der Waals surface area contributed by atoms with Crippen molar-refractivity contribution in [1.29, 1.82) is 0 Å². The summed E-state index contributed by atoms with van der Waals surface area (Å²) < 4.78 is 28.6. The minimum Gasteiger partial charge on any atom is -0.339 e. The summed E-state index contributed by atoms with van der Waals surface area (Å²) in [6.07, 6.45) is 2.82. The van der Waals surface area contributed by atoms with Crippen LogP contribution in [-0.4, -0.2) is 30.9 Å². The molecule has 0 radical (unpaired) electrons. The van der Waals surface area contributed by atoms with Gasteiger partial charge in [-0.3, -0.25) is 9.52 Å². The maximum atomic E-state index is 12.5. The molecule has 0 bridgehead atoms. The molecule has 1 N–H and O–H groups in total. The smallest absolute Gasteiger partial charge is 0.280 e. The van der Waals surface area contributed by atoms with Gasteiger partial charge < -0.3 is 9.47 Å². The van der Waals surface area contributed by atoms with E-state index in [0.29, 0.717) is 22.0 Å². The van der Waals surface area contributed by atoms with Crippen molar-refractivity contribution >= 4 is 38.9 Å². The molecule has 0 saturated carbocycles. The number of aromatic nitrogens is 2. The highest BCUT2D eigenvalue weighted by molar-refractivity contribution is 7.92. The van der Waals surface area contributed by atoms with Gasteiger partial charge in [-0.2, -0.15) is 8.42 Å². The molecule has 0 spiro atoms. The number of carbonyl (C=O) groups excluding carboxylic acids is 1. The van der Waals surface area contributed by atoms with Gasteiger partial charge in [0.15, 0.2) is 5.03 Å². The molecule has 0 saturated heterocycles. The summed E-state index contributed by atoms with van der Waals surface area (Å²) in [6, 6.07) is 13.1. The summed E-state index contributed by atoms with van der Waals surface area (Å²) in [5.74, 6) is -0.200. The van der Waals surface area contributed by atoms with E-state index in [9.17, 15) is 13.2 Å². The summed E-state index contributed by atoms with van der Waals surface area (Å²) in [5.41, 5.74) is 1.49. The molecule has 0 aliphatic heterocycles. The van der Waals surface area contributed by atoms with Gasteiger partial charge in [-0.25, -0.2) is 4.98 Å². The topological polar surface area (TPSA) is 84.3 Å². The number of aryl methyl sites for hydroxylation is 1. The highest BCUT2D eigenvalue weighted by atomic mass is 35.5. The Balaban J connectivity index is 1.74. The molecule has 3 aromatic rings. The zero-order valence-electron chi connectivity index (χ0n) is 14.6. The van der Waals surface area contributed by atoms with E-state index < -0.39 is 10.0 Å². The SMILES string of the molecule is CN(C(=O)c1ccc(Cl)cc1)c1ccc(NS(=O)(=O)c2cn(C)cn2)cc1. The van der Waals surface area contributed by atoms with Crippen LogP contribution < -0.4 is 9.62 Å². The van der Waals surface area contributed by atoms with E-state index in [4.69, 9.17) is 11.6 Å². The Labute approximate surface area is 162 Å². The number of rotatable bonds is 5. The van der Waals surface area contributed by atoms with E-state index in [1.54, 1.807) is 67.2 Å². The number of hydrogen-bond donors (Lipinski definition) is 1. The number of imidazole rings is 1. The monoisotopic (exact) mass is 404 g/mol. The number of anilines is 2. The Kier molecular flexibility index (Phi) is 5.20. The van der Waals surface area contributed by atoms with Crippen molar-refractivity contribution in [1.82, 2.24) is 9.55 Å². The molecule has 27 heavy (non-hydrogen) atoms. The predicted molar refractivity (Wildman–Crippen MR) is 105 cm³/mol. The van der Waals surface area contributed by atoms with Crippen LogP contribution in [-0.2, 0) is 17.1 Å². The van der Waals surface area contributed by atoms with Crippen LogP contribution in [0.5, 0.6) is 0 Å². The molecule has 0 unspecified atom stereocenters. The number of amides is 1. The lowest BCUT2D eigenvalue weighted by atomic mass is 10.2. The van der Waals surface area contributed by atoms with Crippen LogP contribution in [0.2, 0.25) is 5.02 Å². The summed E-state index contributed by atoms with van der Waals surface area (Å²) in [5, 5.41) is 0.489. The fourth-order valence-electron chi connectivity index (χ4n) is 2.39. The standard InChI is InChI=1S/C18H17ClN4O3S/c1-22-11-17(20-12-22)27(25,26)21-15-7-9-16(10-8-15)23(2)18(24)13-3-5-14(19)6-4-13/h3-12,21H,1-2H3. The molecule has 3 rings (SSSR count). The maximum absolute atomic E-state index is 12.5. The Bertz CT molecular complexity index is 1060. The molecule has 7 nitrogen and oxygen atoms in total. The first-order valence-electron chi connectivity index (χ1n) is 7.91. The van der Waals surface area contributed by atoms with Crippen molar-refractivity contribution < 1.29 is 13.2 Å². The van der Waals surface area contributed by atoms with Gasteiger partial charge in [0.25, 0.3) is 15.9 Å². The zero-order chi connectivity index (χ0) is 19.6. The number of carbonyl (C=O) groups is 1. The van der Waals surface area contributed by atoms with E-state index >= 15 is 0 Å². The lowest BCUT2D eigenvalue weighted by molar-refractivity contribution is 0.0993. The minimum atomic E-state index is -3.76. The third-order valence-electron chi connectivity index (χ3n) is 3.86. The number of benzene rings is 2. The first kappa shape index (κ1) is 18.9. The molecule has 0 fully saturated rings. The molecule has 1 amide bonds. The van der Waals surface area contributed by atoms with E-state index in [0.717, 1.165) is 0 Å². The predicted octanol–water partition coefficient (Wildman–Crippen LogP) is 3.15. The van der Waals surface area contributed by atoms with Crippen LogP contribution in [0.1, 0.15) is 10.4 Å². The zero-order valence-corrected chi connectivity index (χ0v) is 16.2. The van der Waals surface area contributed by atoms with Crippen molar-refractivity contribution in [2.24, 2.45) is 7.05 Å². The van der Waals surface area contributed by atoms with Crippen LogP contribution in [0.25, 0.3) is 0 Å². The van der Waals surface area contributed by atoms with Gasteiger partial charge >= 0.3 is 0 Å². The number of nitrogens with zero attached hydrogens (tertiary/aromatic N) is 3. The maximum Gasteiger partial charge on any atom is 0.280 e. The molecular weight excluding hydrogens is 388 g/mol. The van der Waals surface area contributed by atoms with Crippen LogP contribution in [0, 0.1) is 0 Å². The fourth-order valence-corrected chi connectivity index (χ4v) is 3.56. The van der Waals surface area contributed by atoms with Crippen molar-refractivity contribution in [3.05, 3.63) is 71.6 Å². The van der Waals surface area contributed by atoms with Crippen LogP contribution in [0.4, 0.5) is 11.4 Å². The first-order valence-corrected chi connectivity index (χ1v) is 9.77. The fraction of sp³-hybridized carbons (Fsp3) is 0.111. The molecular formula is C18H17ClN4O3S. The Morgan fingerprint density at radius 1 is 1.11 bits per heavy atom. The second-order valence-electron chi connectivity index (χ2n) is 5.90. The normalized spacial score (nSPS) is 11.2. The highest BCUT2D eigenvalue weighted by Crippen LogP contribution is 2.21. The second kappa shape index (κ2) is 7.42. The van der Waals surface area contributed by atoms with E-state index in [-0.39, 0.29) is 10.9 Å². The van der Waals surface area contributed by atoms with Crippen molar-refractivity contribution in [3.8, 4) is 0 Å². The molecule has 1 aromatic heterocycles. The third kappa shape index (κ3) is 4.29. The molecule has 0 aliphatic carbocycles. The van der Waals surface area contributed by atoms with Crippen molar-refractivity contribution in [2.45, 2.75) is 5.03 Å². The third-order valence-corrected chi connectivity index (χ3v) is 5.38. The van der Waals surface area contributed by atoms with Gasteiger partial charge in [-0.1, -0.05) is 11.6 Å². The Morgan fingerprint density at radius 2 is 1.74 bits per heavy atom. The first-order chi connectivity index (χ1) is 12.8. The lowest BCUT2D eigenvalue weighted by Crippen LogP contribution is -2.26. The van der Waals surface area contributed by atoms with Gasteiger partial charge in [0.1, 0.15) is 0 Å². The minimum absolute atomic E-state index is 0.0656. The number of halogens is 1. The molecule has 0 atom stereocenters. The van der Waals surface area contributed by atoms with Crippen LogP contribution in [0.15, 0.2) is 66.1 Å². The molecule has 9 heteroatoms. The van der Waals surface area contributed by atoms with Gasteiger partial charge in [-0.15, -0.1) is 0 Å². The number of nitrogens with one attached hydrogen (secondary N) is 1. The molecule has 140 valence electrons. The average Bonchev–Trinajstić information content (AvgIpc) is 3.09. The van der Waals surface area contributed by atoms with Gasteiger partial charge in [0.05, 0.1) is 6.33 Å². The van der Waals surface area contributed by atoms with E-state index in [2.05, 4.69) is 9.71 Å². The second-order valence-corrected chi connectivity index (χ2v) is 7.97. The number of sulfonamides is 1. The van der Waals surface area contributed by atoms with Gasteiger partial charge in [-0.05, 0) is 48.5 Å². The Hall–Kier alpha value is -2.84. The van der Waals surface area contributed by atoms with E-state index in [1.807, 2.05) is 0 Å². The lowest BCUT2D eigenvalue weighted by Gasteiger charge is -2.18.